The number of esters is 1. The van der Waals surface area contributed by atoms with Crippen molar-refractivity contribution in [2.45, 2.75) is 106 Å². The van der Waals surface area contributed by atoms with Crippen molar-refractivity contribution in [3.05, 3.63) is 48.5 Å². The molecular formula is C30H44O2S2. The van der Waals surface area contributed by atoms with Crippen molar-refractivity contribution < 1.29 is 9.53 Å². The van der Waals surface area contributed by atoms with Gasteiger partial charge in [-0.2, -0.15) is 0 Å². The molecule has 0 aliphatic rings. The third kappa shape index (κ3) is 11.8. The van der Waals surface area contributed by atoms with Gasteiger partial charge >= 0.3 is 5.97 Å². The van der Waals surface area contributed by atoms with E-state index in [4.69, 9.17) is 4.74 Å². The van der Waals surface area contributed by atoms with Gasteiger partial charge in [-0.05, 0) is 60.9 Å². The van der Waals surface area contributed by atoms with Crippen LogP contribution in [-0.4, -0.2) is 23.6 Å². The molecule has 4 heteroatoms. The lowest BCUT2D eigenvalue weighted by Gasteiger charge is -2.12. The minimum atomic E-state index is -0.191. The molecule has 34 heavy (non-hydrogen) atoms. The third-order valence-corrected chi connectivity index (χ3v) is 8.13. The van der Waals surface area contributed by atoms with E-state index in [-0.39, 0.29) is 11.2 Å². The van der Waals surface area contributed by atoms with E-state index in [2.05, 4.69) is 62.4 Å². The quantitative estimate of drug-likeness (QED) is 0.116. The number of carbonyl (C=O) groups is 1. The molecule has 0 bridgehead atoms. The van der Waals surface area contributed by atoms with Crippen LogP contribution >= 0.6 is 23.5 Å². The highest BCUT2D eigenvalue weighted by Gasteiger charge is 2.15. The van der Waals surface area contributed by atoms with Crippen LogP contribution in [0, 0.1) is 0 Å². The molecule has 2 rings (SSSR count). The summed E-state index contributed by atoms with van der Waals surface area (Å²) in [4.78, 5) is 14.7. The molecule has 0 N–H and O–H groups in total. The Bertz CT molecular complexity index is 786. The second-order valence-corrected chi connectivity index (χ2v) is 11.6. The number of carbonyl (C=O) groups excluding carboxylic acids is 1. The molecule has 0 fully saturated rings. The van der Waals surface area contributed by atoms with Gasteiger partial charge in [0.05, 0.1) is 6.61 Å². The summed E-state index contributed by atoms with van der Waals surface area (Å²) in [6, 6.07) is 17.4. The molecule has 1 atom stereocenters. The number of thioether (sulfide) groups is 2. The molecule has 0 saturated heterocycles. The van der Waals surface area contributed by atoms with Crippen molar-refractivity contribution >= 4 is 29.5 Å². The Labute approximate surface area is 217 Å². The predicted molar refractivity (Wildman–Crippen MR) is 151 cm³/mol. The SMILES string of the molecule is CCCCCCCCOC(=O)[C@@H](C)Sc1ccc(-c2ccc(SCCCCCCC)cc2)cc1. The molecule has 2 nitrogen and oxygen atoms in total. The number of ether oxygens (including phenoxy) is 1. The molecule has 2 aromatic rings. The number of unbranched alkanes of at least 4 members (excludes halogenated alkanes) is 9. The van der Waals surface area contributed by atoms with Gasteiger partial charge in [0.2, 0.25) is 0 Å². The van der Waals surface area contributed by atoms with E-state index in [0.29, 0.717) is 6.61 Å². The molecule has 0 spiro atoms. The van der Waals surface area contributed by atoms with Gasteiger partial charge in [-0.1, -0.05) is 95.9 Å². The highest BCUT2D eigenvalue weighted by atomic mass is 32.2. The highest BCUT2D eigenvalue weighted by molar-refractivity contribution is 8.00. The van der Waals surface area contributed by atoms with Gasteiger partial charge in [0, 0.05) is 9.79 Å². The fourth-order valence-corrected chi connectivity index (χ4v) is 5.57. The predicted octanol–water partition coefficient (Wildman–Crippen LogP) is 9.80. The molecule has 188 valence electrons. The van der Waals surface area contributed by atoms with Crippen LogP contribution < -0.4 is 0 Å². The highest BCUT2D eigenvalue weighted by Crippen LogP contribution is 2.29. The fourth-order valence-electron chi connectivity index (χ4n) is 3.79. The van der Waals surface area contributed by atoms with Gasteiger partial charge < -0.3 is 4.74 Å². The minimum Gasteiger partial charge on any atom is -0.465 e. The van der Waals surface area contributed by atoms with Crippen LogP contribution in [0.15, 0.2) is 58.3 Å². The molecule has 0 heterocycles. The van der Waals surface area contributed by atoms with E-state index in [9.17, 15) is 4.79 Å². The monoisotopic (exact) mass is 500 g/mol. The van der Waals surface area contributed by atoms with Crippen molar-refractivity contribution in [1.29, 1.82) is 0 Å². The second kappa shape index (κ2) is 18.0. The summed E-state index contributed by atoms with van der Waals surface area (Å²) in [6.07, 6.45) is 13.9. The molecule has 0 aliphatic heterocycles. The zero-order chi connectivity index (χ0) is 24.4. The summed E-state index contributed by atoms with van der Waals surface area (Å²) in [6.45, 7) is 6.96. The number of rotatable bonds is 18. The van der Waals surface area contributed by atoms with Crippen LogP contribution in [0.4, 0.5) is 0 Å². The fraction of sp³-hybridized carbons (Fsp3) is 0.567. The maximum absolute atomic E-state index is 12.3. The number of hydrogen-bond acceptors (Lipinski definition) is 4. The van der Waals surface area contributed by atoms with E-state index in [0.717, 1.165) is 17.7 Å². The molecule has 0 radical (unpaired) electrons. The summed E-state index contributed by atoms with van der Waals surface area (Å²) >= 11 is 3.53. The molecule has 0 aliphatic carbocycles. The van der Waals surface area contributed by atoms with E-state index < -0.39 is 0 Å². The van der Waals surface area contributed by atoms with Crippen LogP contribution in [0.5, 0.6) is 0 Å². The molecule has 2 aromatic carbocycles. The summed E-state index contributed by atoms with van der Waals surface area (Å²) in [5.41, 5.74) is 2.44. The van der Waals surface area contributed by atoms with E-state index >= 15 is 0 Å². The van der Waals surface area contributed by atoms with Gasteiger partial charge in [0.15, 0.2) is 0 Å². The standard InChI is InChI=1S/C30H44O2S2/c1-4-6-8-10-11-13-23-32-30(31)25(3)34-29-21-17-27(18-22-29)26-15-19-28(20-16-26)33-24-14-12-9-7-5-2/h15-22,25H,4-14,23-24H2,1-3H3/t25-/m1/s1. The van der Waals surface area contributed by atoms with Crippen molar-refractivity contribution in [2.75, 3.05) is 12.4 Å². The van der Waals surface area contributed by atoms with Crippen molar-refractivity contribution in [2.24, 2.45) is 0 Å². The average molecular weight is 501 g/mol. The molecule has 0 amide bonds. The lowest BCUT2D eigenvalue weighted by Crippen LogP contribution is -2.17. The van der Waals surface area contributed by atoms with Crippen molar-refractivity contribution in [3.63, 3.8) is 0 Å². The van der Waals surface area contributed by atoms with Gasteiger partial charge in [-0.15, -0.1) is 23.5 Å². The molecular weight excluding hydrogens is 456 g/mol. The summed E-state index contributed by atoms with van der Waals surface area (Å²) < 4.78 is 5.48. The first-order valence-corrected chi connectivity index (χ1v) is 15.2. The van der Waals surface area contributed by atoms with Gasteiger partial charge in [-0.3, -0.25) is 4.79 Å². The van der Waals surface area contributed by atoms with Crippen LogP contribution in [0.25, 0.3) is 11.1 Å². The maximum atomic E-state index is 12.3. The average Bonchev–Trinajstić information content (AvgIpc) is 2.86. The minimum absolute atomic E-state index is 0.110. The Hall–Kier alpha value is -1.39. The van der Waals surface area contributed by atoms with Gasteiger partial charge in [0.25, 0.3) is 0 Å². The van der Waals surface area contributed by atoms with Crippen LogP contribution in [0.1, 0.15) is 91.4 Å². The summed E-state index contributed by atoms with van der Waals surface area (Å²) in [7, 11) is 0. The Morgan fingerprint density at radius 3 is 1.79 bits per heavy atom. The van der Waals surface area contributed by atoms with Gasteiger partial charge in [-0.25, -0.2) is 0 Å². The number of hydrogen-bond donors (Lipinski definition) is 0. The zero-order valence-electron chi connectivity index (χ0n) is 21.5. The topological polar surface area (TPSA) is 26.3 Å². The zero-order valence-corrected chi connectivity index (χ0v) is 23.2. The van der Waals surface area contributed by atoms with E-state index in [1.54, 1.807) is 11.8 Å². The Balaban J connectivity index is 1.71. The summed E-state index contributed by atoms with van der Waals surface area (Å²) in [5, 5.41) is -0.191. The lowest BCUT2D eigenvalue weighted by molar-refractivity contribution is -0.142. The normalized spacial score (nSPS) is 12.0. The molecule has 0 unspecified atom stereocenters. The number of benzene rings is 2. The maximum Gasteiger partial charge on any atom is 0.319 e. The van der Waals surface area contributed by atoms with Crippen LogP contribution in [-0.2, 0) is 9.53 Å². The Morgan fingerprint density at radius 1 is 0.706 bits per heavy atom. The lowest BCUT2D eigenvalue weighted by atomic mass is 10.1. The molecule has 0 aromatic heterocycles. The largest absolute Gasteiger partial charge is 0.465 e. The van der Waals surface area contributed by atoms with Crippen LogP contribution in [0.2, 0.25) is 0 Å². The summed E-state index contributed by atoms with van der Waals surface area (Å²) in [5.74, 6) is 1.09. The first-order valence-electron chi connectivity index (χ1n) is 13.3. The smallest absolute Gasteiger partial charge is 0.319 e. The van der Waals surface area contributed by atoms with Crippen LogP contribution in [0.3, 0.4) is 0 Å². The van der Waals surface area contributed by atoms with Crippen molar-refractivity contribution in [1.82, 2.24) is 0 Å². The van der Waals surface area contributed by atoms with E-state index in [1.165, 1.54) is 79.6 Å². The third-order valence-electron chi connectivity index (χ3n) is 5.95. The Morgan fingerprint density at radius 2 is 1.21 bits per heavy atom. The first kappa shape index (κ1) is 28.8. The van der Waals surface area contributed by atoms with E-state index in [1.807, 2.05) is 18.7 Å². The second-order valence-electron chi connectivity index (χ2n) is 9.01. The Kier molecular flexibility index (Phi) is 15.2. The van der Waals surface area contributed by atoms with Gasteiger partial charge in [0.1, 0.15) is 5.25 Å². The molecule has 0 saturated carbocycles. The van der Waals surface area contributed by atoms with Crippen molar-refractivity contribution in [3.8, 4) is 11.1 Å². The first-order chi connectivity index (χ1) is 16.6.